The maximum Gasteiger partial charge on any atom is 0.410 e. The summed E-state index contributed by atoms with van der Waals surface area (Å²) in [7, 11) is 0. The van der Waals surface area contributed by atoms with Crippen LogP contribution in [0.4, 0.5) is 9.18 Å². The van der Waals surface area contributed by atoms with Gasteiger partial charge in [0.1, 0.15) is 11.4 Å². The normalized spacial score (nSPS) is 17.9. The molecule has 1 rings (SSSR count). The number of carbonyl (C=O) groups is 2. The molecule has 1 heterocycles. The lowest BCUT2D eigenvalue weighted by Crippen LogP contribution is -2.60. The smallest absolute Gasteiger partial charge is 0.410 e. The van der Waals surface area contributed by atoms with Gasteiger partial charge in [0.25, 0.3) is 0 Å². The molecule has 0 aliphatic carbocycles. The predicted molar refractivity (Wildman–Crippen MR) is 62.7 cm³/mol. The third-order valence-corrected chi connectivity index (χ3v) is 2.70. The fraction of sp³-hybridized carbons (Fsp3) is 0.667. The van der Waals surface area contributed by atoms with Crippen molar-refractivity contribution in [2.75, 3.05) is 13.1 Å². The van der Waals surface area contributed by atoms with Crippen LogP contribution in [0.15, 0.2) is 12.4 Å². The highest BCUT2D eigenvalue weighted by Gasteiger charge is 2.50. The fourth-order valence-corrected chi connectivity index (χ4v) is 1.81. The molecule has 6 heteroatoms. The molecule has 0 saturated carbocycles. The second-order valence-corrected chi connectivity index (χ2v) is 5.59. The van der Waals surface area contributed by atoms with Gasteiger partial charge in [-0.1, -0.05) is 6.58 Å². The van der Waals surface area contributed by atoms with Gasteiger partial charge in [-0.3, -0.25) is 4.79 Å². The number of halogens is 1. The number of ether oxygens (including phenoxy) is 1. The highest BCUT2D eigenvalue weighted by molar-refractivity contribution is 5.72. The Balaban J connectivity index is 2.62. The van der Waals surface area contributed by atoms with E-state index >= 15 is 0 Å². The van der Waals surface area contributed by atoms with Crippen molar-refractivity contribution >= 4 is 12.1 Å². The number of hydrogen-bond acceptors (Lipinski definition) is 3. The van der Waals surface area contributed by atoms with Crippen LogP contribution in [0, 0.1) is 5.41 Å². The van der Waals surface area contributed by atoms with E-state index in [0.29, 0.717) is 0 Å². The number of amides is 1. The van der Waals surface area contributed by atoms with E-state index in [1.807, 2.05) is 0 Å². The zero-order valence-corrected chi connectivity index (χ0v) is 10.8. The van der Waals surface area contributed by atoms with Gasteiger partial charge in [0.05, 0.1) is 11.8 Å². The van der Waals surface area contributed by atoms with Crippen molar-refractivity contribution in [2.45, 2.75) is 32.8 Å². The molecule has 1 amide bonds. The number of aliphatic carboxylic acids is 1. The van der Waals surface area contributed by atoms with Crippen molar-refractivity contribution in [1.82, 2.24) is 4.90 Å². The van der Waals surface area contributed by atoms with Gasteiger partial charge in [0.2, 0.25) is 0 Å². The molecule has 0 aromatic heterocycles. The third-order valence-electron chi connectivity index (χ3n) is 2.70. The van der Waals surface area contributed by atoms with E-state index in [1.54, 1.807) is 20.8 Å². The van der Waals surface area contributed by atoms with E-state index in [0.717, 1.165) is 0 Å². The molecule has 1 aliphatic heterocycles. The van der Waals surface area contributed by atoms with E-state index in [1.165, 1.54) is 4.90 Å². The number of carboxylic acids is 1. The molecule has 1 aliphatic rings. The van der Waals surface area contributed by atoms with E-state index < -0.39 is 28.9 Å². The van der Waals surface area contributed by atoms with Gasteiger partial charge in [0, 0.05) is 13.1 Å². The van der Waals surface area contributed by atoms with E-state index in [9.17, 15) is 14.0 Å². The van der Waals surface area contributed by atoms with Gasteiger partial charge in [-0.2, -0.15) is 0 Å². The largest absolute Gasteiger partial charge is 0.481 e. The molecule has 0 radical (unpaired) electrons. The summed E-state index contributed by atoms with van der Waals surface area (Å²) in [5, 5.41) is 8.73. The van der Waals surface area contributed by atoms with Crippen LogP contribution in [0.25, 0.3) is 0 Å². The van der Waals surface area contributed by atoms with Gasteiger partial charge >= 0.3 is 12.1 Å². The second kappa shape index (κ2) is 4.59. The molecule has 0 atom stereocenters. The van der Waals surface area contributed by atoms with Crippen molar-refractivity contribution in [3.05, 3.63) is 12.4 Å². The average Bonchev–Trinajstić information content (AvgIpc) is 2.05. The Labute approximate surface area is 105 Å². The van der Waals surface area contributed by atoms with Gasteiger partial charge in [0.15, 0.2) is 0 Å². The first-order valence-corrected chi connectivity index (χ1v) is 5.60. The van der Waals surface area contributed by atoms with Crippen LogP contribution in [-0.4, -0.2) is 40.8 Å². The first-order valence-electron chi connectivity index (χ1n) is 5.60. The minimum absolute atomic E-state index is 0.0104. The highest BCUT2D eigenvalue weighted by Crippen LogP contribution is 2.41. The Morgan fingerprint density at radius 2 is 1.94 bits per heavy atom. The molecule has 18 heavy (non-hydrogen) atoms. The summed E-state index contributed by atoms with van der Waals surface area (Å²) in [6.45, 7) is 8.32. The van der Waals surface area contributed by atoms with Crippen molar-refractivity contribution in [3.8, 4) is 0 Å². The summed E-state index contributed by atoms with van der Waals surface area (Å²) >= 11 is 0. The van der Waals surface area contributed by atoms with Crippen LogP contribution in [0.2, 0.25) is 0 Å². The molecule has 0 spiro atoms. The predicted octanol–water partition coefficient (Wildman–Crippen LogP) is 2.18. The lowest BCUT2D eigenvalue weighted by Gasteiger charge is -2.48. The molecule has 5 nitrogen and oxygen atoms in total. The SMILES string of the molecule is C=C(F)C1(CC(=O)O)CN(C(=O)OC(C)(C)C)C1. The summed E-state index contributed by atoms with van der Waals surface area (Å²) in [4.78, 5) is 23.6. The van der Waals surface area contributed by atoms with Crippen LogP contribution in [0.3, 0.4) is 0 Å². The Kier molecular flexibility index (Phi) is 3.69. The van der Waals surface area contributed by atoms with Gasteiger partial charge in [-0.05, 0) is 20.8 Å². The average molecular weight is 259 g/mol. The van der Waals surface area contributed by atoms with Crippen LogP contribution in [0.5, 0.6) is 0 Å². The Morgan fingerprint density at radius 3 is 2.28 bits per heavy atom. The lowest BCUT2D eigenvalue weighted by atomic mass is 9.76. The molecule has 0 aromatic carbocycles. The maximum absolute atomic E-state index is 13.3. The monoisotopic (exact) mass is 259 g/mol. The number of carboxylic acid groups (broad SMARTS) is 1. The minimum atomic E-state index is -1.16. The Bertz CT molecular complexity index is 380. The quantitative estimate of drug-likeness (QED) is 0.843. The highest BCUT2D eigenvalue weighted by atomic mass is 19.1. The van der Waals surface area contributed by atoms with Gasteiger partial charge in [-0.15, -0.1) is 0 Å². The van der Waals surface area contributed by atoms with Crippen LogP contribution in [0.1, 0.15) is 27.2 Å². The third kappa shape index (κ3) is 3.21. The molecule has 0 unspecified atom stereocenters. The Morgan fingerprint density at radius 1 is 1.44 bits per heavy atom. The summed E-state index contributed by atoms with van der Waals surface area (Å²) < 4.78 is 18.4. The molecule has 0 aromatic rings. The second-order valence-electron chi connectivity index (χ2n) is 5.59. The summed E-state index contributed by atoms with van der Waals surface area (Å²) in [5.74, 6) is -1.82. The summed E-state index contributed by atoms with van der Waals surface area (Å²) in [6, 6.07) is 0. The van der Waals surface area contributed by atoms with E-state index in [4.69, 9.17) is 9.84 Å². The lowest BCUT2D eigenvalue weighted by molar-refractivity contribution is -0.142. The molecule has 102 valence electrons. The van der Waals surface area contributed by atoms with Crippen LogP contribution >= 0.6 is 0 Å². The van der Waals surface area contributed by atoms with Crippen molar-refractivity contribution in [2.24, 2.45) is 5.41 Å². The summed E-state index contributed by atoms with van der Waals surface area (Å²) in [5.41, 5.74) is -1.79. The van der Waals surface area contributed by atoms with Crippen molar-refractivity contribution < 1.29 is 23.8 Å². The van der Waals surface area contributed by atoms with Crippen LogP contribution in [-0.2, 0) is 9.53 Å². The molecule has 1 fully saturated rings. The van der Waals surface area contributed by atoms with Crippen LogP contribution < -0.4 is 0 Å². The molecular weight excluding hydrogens is 241 g/mol. The standard InChI is InChI=1S/C12H18FNO4/c1-8(13)12(5-9(15)16)6-14(7-12)10(17)18-11(2,3)4/h1,5-7H2,2-4H3,(H,15,16). The first-order chi connectivity index (χ1) is 8.06. The fourth-order valence-electron chi connectivity index (χ4n) is 1.81. The molecule has 0 bridgehead atoms. The first kappa shape index (κ1) is 14.5. The molecular formula is C12H18FNO4. The molecule has 1 saturated heterocycles. The van der Waals surface area contributed by atoms with Gasteiger partial charge < -0.3 is 14.7 Å². The number of carbonyl (C=O) groups excluding carboxylic acids is 1. The molecule has 1 N–H and O–H groups in total. The van der Waals surface area contributed by atoms with Gasteiger partial charge in [-0.25, -0.2) is 9.18 Å². The number of rotatable bonds is 3. The van der Waals surface area contributed by atoms with Crippen molar-refractivity contribution in [3.63, 3.8) is 0 Å². The zero-order valence-electron chi connectivity index (χ0n) is 10.8. The Hall–Kier alpha value is -1.59. The topological polar surface area (TPSA) is 66.8 Å². The summed E-state index contributed by atoms with van der Waals surface area (Å²) in [6.07, 6.45) is -0.938. The number of nitrogens with zero attached hydrogens (tertiary/aromatic N) is 1. The van der Waals surface area contributed by atoms with Crippen molar-refractivity contribution in [1.29, 1.82) is 0 Å². The van der Waals surface area contributed by atoms with E-state index in [-0.39, 0.29) is 19.5 Å². The zero-order chi connectivity index (χ0) is 14.1. The minimum Gasteiger partial charge on any atom is -0.481 e. The number of likely N-dealkylation sites (tertiary alicyclic amines) is 1. The maximum atomic E-state index is 13.3. The van der Waals surface area contributed by atoms with E-state index in [2.05, 4.69) is 6.58 Å². The number of hydrogen-bond donors (Lipinski definition) is 1.